The number of nitrogens with zero attached hydrogens (tertiary/aromatic N) is 4. The van der Waals surface area contributed by atoms with Crippen molar-refractivity contribution in [2.24, 2.45) is 0 Å². The van der Waals surface area contributed by atoms with Crippen molar-refractivity contribution in [1.29, 1.82) is 0 Å². The van der Waals surface area contributed by atoms with Crippen LogP contribution in [0.4, 0.5) is 22.7 Å². The second-order valence-electron chi connectivity index (χ2n) is 19.5. The highest BCUT2D eigenvalue weighted by Crippen LogP contribution is 2.53. The first-order valence-electron chi connectivity index (χ1n) is 25.0. The molecule has 336 valence electrons. The monoisotopic (exact) mass is 900 g/mol. The molecule has 2 aliphatic heterocycles. The van der Waals surface area contributed by atoms with Gasteiger partial charge in [0.05, 0.1) is 28.5 Å². The molecule has 0 aromatic heterocycles. The Balaban J connectivity index is 1.13. The molecule has 0 saturated heterocycles. The van der Waals surface area contributed by atoms with Gasteiger partial charge in [-0.3, -0.25) is 0 Å². The molecule has 14 rings (SSSR count). The maximum atomic E-state index is 2.60. The third-order valence-corrected chi connectivity index (χ3v) is 15.6. The Morgan fingerprint density at radius 1 is 0.343 bits per heavy atom. The van der Waals surface area contributed by atoms with Crippen molar-refractivity contribution in [2.45, 2.75) is 38.5 Å². The maximum absolute atomic E-state index is 2.60. The van der Waals surface area contributed by atoms with Crippen molar-refractivity contribution < 1.29 is 0 Å². The average Bonchev–Trinajstić information content (AvgIpc) is 3.42. The molecule has 0 atom stereocenters. The van der Waals surface area contributed by atoms with E-state index < -0.39 is 0 Å². The van der Waals surface area contributed by atoms with Crippen LogP contribution in [0.3, 0.4) is 0 Å². The Morgan fingerprint density at radius 3 is 1.59 bits per heavy atom. The van der Waals surface area contributed by atoms with Gasteiger partial charge in [-0.25, -0.2) is 0 Å². The number of hydrogen-bond acceptors (Lipinski definition) is 4. The van der Waals surface area contributed by atoms with Crippen LogP contribution in [0.1, 0.15) is 38.5 Å². The zero-order chi connectivity index (χ0) is 46.5. The van der Waals surface area contributed by atoms with Crippen LogP contribution < -0.4 is 14.7 Å². The fraction of sp³-hybridized carbons (Fsp3) is 0.121. The van der Waals surface area contributed by atoms with E-state index in [9.17, 15) is 0 Å². The third kappa shape index (κ3) is 6.29. The number of hydrogen-bond donors (Lipinski definition) is 0. The molecule has 0 N–H and O–H groups in total. The molecule has 0 amide bonds. The number of likely N-dealkylation sites (N-methyl/N-ethyl adjacent to an activating group) is 2. The average molecular weight is 901 g/mol. The molecule has 0 saturated carbocycles. The van der Waals surface area contributed by atoms with Crippen LogP contribution in [-0.2, 0) is 0 Å². The van der Waals surface area contributed by atoms with E-state index in [-0.39, 0.29) is 0 Å². The van der Waals surface area contributed by atoms with Gasteiger partial charge in [0.25, 0.3) is 0 Å². The summed E-state index contributed by atoms with van der Waals surface area (Å²) in [5.41, 5.74) is 20.1. The largest absolute Gasteiger partial charge is 0.345 e. The second-order valence-corrected chi connectivity index (χ2v) is 19.5. The second kappa shape index (κ2) is 16.1. The molecule has 4 heteroatoms. The van der Waals surface area contributed by atoms with E-state index in [1.165, 1.54) is 133 Å². The number of rotatable bonds is 5. The van der Waals surface area contributed by atoms with Gasteiger partial charge in [0, 0.05) is 42.6 Å². The van der Waals surface area contributed by atoms with Crippen molar-refractivity contribution >= 4 is 65.8 Å². The summed E-state index contributed by atoms with van der Waals surface area (Å²) >= 11 is 0. The lowest BCUT2D eigenvalue weighted by atomic mass is 9.82. The lowest BCUT2D eigenvalue weighted by molar-refractivity contribution is 0.471. The maximum Gasteiger partial charge on any atom is 0.0696 e. The van der Waals surface area contributed by atoms with Crippen molar-refractivity contribution in [3.63, 3.8) is 0 Å². The minimum Gasteiger partial charge on any atom is -0.345 e. The molecule has 70 heavy (non-hydrogen) atoms. The first-order chi connectivity index (χ1) is 34.6. The van der Waals surface area contributed by atoms with Crippen molar-refractivity contribution in [1.82, 2.24) is 4.90 Å². The fourth-order valence-corrected chi connectivity index (χ4v) is 12.3. The van der Waals surface area contributed by atoms with Crippen LogP contribution in [0.5, 0.6) is 0 Å². The van der Waals surface area contributed by atoms with E-state index in [1.54, 1.807) is 0 Å². The molecule has 0 bridgehead atoms. The van der Waals surface area contributed by atoms with Gasteiger partial charge in [0.1, 0.15) is 0 Å². The normalized spacial score (nSPS) is 16.5. The molecule has 9 aromatic carbocycles. The van der Waals surface area contributed by atoms with Gasteiger partial charge < -0.3 is 19.6 Å². The molecular weight excluding hydrogens is 849 g/mol. The van der Waals surface area contributed by atoms with Crippen molar-refractivity contribution in [2.75, 3.05) is 28.8 Å². The Bertz CT molecular complexity index is 3880. The van der Waals surface area contributed by atoms with Crippen LogP contribution in [0, 0.1) is 0 Å². The number of allylic oxidation sites excluding steroid dienone is 9. The SMILES string of the molecule is CN1C2=C(CCC=C2)N(c2ccc3c(-c4ccc5ccccc5c4)c4cc(N5C6=C(C=CCC6)N(C)c6ccccc65)ccc4c(-c4cc5ccccc5cc4-c4ccccc4)c3c2)C2=C1CCC=C2. The summed E-state index contributed by atoms with van der Waals surface area (Å²) in [5.74, 6) is 0. The highest BCUT2D eigenvalue weighted by Gasteiger charge is 2.34. The molecule has 2 heterocycles. The molecule has 0 spiro atoms. The standard InChI is InChI=1S/C66H52N4/c1-67-57-24-10-14-28-61(57)69(62-29-15-11-25-58(62)67)49-35-37-52-55(41-49)65(48-33-32-43-18-6-7-21-45(43)38-48)51-36-34-50(70-63-30-16-12-26-59(63)68(2)60-27-13-17-31-64(60)70)42-56(51)66(52)54-40-47-23-9-8-22-46(47)39-53(54)44-19-4-3-5-20-44/h3-12,14,17-26,28,31-42H,13,15-16,27,29-30H2,1-2H3. The molecule has 3 aliphatic carbocycles. The minimum absolute atomic E-state index is 0.969. The predicted octanol–water partition coefficient (Wildman–Crippen LogP) is 17.3. The van der Waals surface area contributed by atoms with Crippen LogP contribution in [-0.4, -0.2) is 19.0 Å². The van der Waals surface area contributed by atoms with Gasteiger partial charge in [-0.1, -0.05) is 133 Å². The lowest BCUT2D eigenvalue weighted by Gasteiger charge is -2.43. The first kappa shape index (κ1) is 40.7. The molecule has 0 unspecified atom stereocenters. The summed E-state index contributed by atoms with van der Waals surface area (Å²) in [6.07, 6.45) is 20.1. The summed E-state index contributed by atoms with van der Waals surface area (Å²) in [7, 11) is 4.48. The molecular formula is C66H52N4. The number of fused-ring (bicyclic) bond motifs is 5. The van der Waals surface area contributed by atoms with E-state index >= 15 is 0 Å². The molecule has 9 aromatic rings. The number of benzene rings is 9. The Hall–Kier alpha value is -8.34. The zero-order valence-corrected chi connectivity index (χ0v) is 39.7. The van der Waals surface area contributed by atoms with Crippen molar-refractivity contribution in [3.8, 4) is 33.4 Å². The summed E-state index contributed by atoms with van der Waals surface area (Å²) < 4.78 is 0. The topological polar surface area (TPSA) is 13.0 Å². The first-order valence-corrected chi connectivity index (χ1v) is 25.0. The number of para-hydroxylation sites is 2. The zero-order valence-electron chi connectivity index (χ0n) is 39.7. The van der Waals surface area contributed by atoms with Crippen molar-refractivity contribution in [3.05, 3.63) is 240 Å². The molecule has 5 aliphatic rings. The summed E-state index contributed by atoms with van der Waals surface area (Å²) in [6.45, 7) is 0. The Labute approximate surface area is 410 Å². The number of anilines is 4. The molecule has 4 nitrogen and oxygen atoms in total. The van der Waals surface area contributed by atoms with E-state index in [1.807, 2.05) is 0 Å². The molecule has 0 fully saturated rings. The quantitative estimate of drug-likeness (QED) is 0.160. The van der Waals surface area contributed by atoms with Crippen LogP contribution >= 0.6 is 0 Å². The Morgan fingerprint density at radius 2 is 0.871 bits per heavy atom. The molecule has 0 radical (unpaired) electrons. The van der Waals surface area contributed by atoms with E-state index in [4.69, 9.17) is 0 Å². The van der Waals surface area contributed by atoms with E-state index in [0.29, 0.717) is 0 Å². The van der Waals surface area contributed by atoms with Gasteiger partial charge in [-0.15, -0.1) is 0 Å². The van der Waals surface area contributed by atoms with Crippen LogP contribution in [0.15, 0.2) is 240 Å². The van der Waals surface area contributed by atoms with Gasteiger partial charge in [-0.05, 0) is 188 Å². The van der Waals surface area contributed by atoms with E-state index in [0.717, 1.165) is 38.5 Å². The lowest BCUT2D eigenvalue weighted by Crippen LogP contribution is -2.36. The van der Waals surface area contributed by atoms with Gasteiger partial charge in [-0.2, -0.15) is 0 Å². The van der Waals surface area contributed by atoms with Gasteiger partial charge >= 0.3 is 0 Å². The van der Waals surface area contributed by atoms with E-state index in [2.05, 4.69) is 240 Å². The fourth-order valence-electron chi connectivity index (χ4n) is 12.3. The van der Waals surface area contributed by atoms with Crippen LogP contribution in [0.25, 0.3) is 76.5 Å². The summed E-state index contributed by atoms with van der Waals surface area (Å²) in [4.78, 5) is 9.98. The highest BCUT2D eigenvalue weighted by atomic mass is 15.3. The van der Waals surface area contributed by atoms with Gasteiger partial charge in [0.15, 0.2) is 0 Å². The Kier molecular flexibility index (Phi) is 9.39. The smallest absolute Gasteiger partial charge is 0.0696 e. The third-order valence-electron chi connectivity index (χ3n) is 15.6. The van der Waals surface area contributed by atoms with Gasteiger partial charge in [0.2, 0.25) is 0 Å². The minimum atomic E-state index is 0.969. The highest BCUT2D eigenvalue weighted by molar-refractivity contribution is 6.24. The summed E-state index contributed by atoms with van der Waals surface area (Å²) in [5, 5.41) is 9.91. The van der Waals surface area contributed by atoms with Crippen LogP contribution in [0.2, 0.25) is 0 Å². The summed E-state index contributed by atoms with van der Waals surface area (Å²) in [6, 6.07) is 64.3. The predicted molar refractivity (Wildman–Crippen MR) is 296 cm³/mol.